The topological polar surface area (TPSA) is 99.2 Å². The molecule has 2 rings (SSSR count). The average molecular weight is 282 g/mol. The molecule has 0 atom stereocenters. The van der Waals surface area contributed by atoms with Crippen LogP contribution in [-0.2, 0) is 0 Å². The first-order valence-corrected chi connectivity index (χ1v) is 4.94. The zero-order chi connectivity index (χ0) is 13.1. The van der Waals surface area contributed by atoms with Crippen molar-refractivity contribution in [2.24, 2.45) is 0 Å². The Hall–Kier alpha value is -2.54. The Morgan fingerprint density at radius 2 is 1.74 bits per heavy atom. The van der Waals surface area contributed by atoms with Crippen molar-refractivity contribution in [2.45, 2.75) is 0 Å². The van der Waals surface area contributed by atoms with Gasteiger partial charge < -0.3 is 0 Å². The third kappa shape index (κ3) is 3.02. The minimum atomic E-state index is -0.671. The third-order valence-corrected chi connectivity index (χ3v) is 2.33. The Balaban J connectivity index is 0.00000180. The average Bonchev–Trinajstić information content (AvgIpc) is 2.39. The van der Waals surface area contributed by atoms with Gasteiger partial charge in [0, 0.05) is 12.3 Å². The zero-order valence-corrected chi connectivity index (χ0v) is 10.2. The number of nitro benzene ring substituents is 2. The van der Waals surface area contributed by atoms with Gasteiger partial charge in [-0.2, -0.15) is 0 Å². The molecule has 0 saturated heterocycles. The van der Waals surface area contributed by atoms with E-state index in [1.54, 1.807) is 18.2 Å². The summed E-state index contributed by atoms with van der Waals surface area (Å²) in [6, 6.07) is 8.46. The molecule has 2 aromatic rings. The molecule has 0 fully saturated rings. The number of hydrogen-bond acceptors (Lipinski definition) is 5. The van der Waals surface area contributed by atoms with Crippen LogP contribution in [0, 0.1) is 20.2 Å². The van der Waals surface area contributed by atoms with Crippen LogP contribution >= 0.6 is 12.4 Å². The maximum absolute atomic E-state index is 10.9. The molecule has 0 spiro atoms. The number of aromatic nitrogens is 1. The summed E-state index contributed by atoms with van der Waals surface area (Å²) in [6.45, 7) is 0. The Bertz CT molecular complexity index is 619. The lowest BCUT2D eigenvalue weighted by atomic mass is 10.1. The van der Waals surface area contributed by atoms with Gasteiger partial charge in [0.1, 0.15) is 0 Å². The van der Waals surface area contributed by atoms with Crippen molar-refractivity contribution in [2.75, 3.05) is 0 Å². The summed E-state index contributed by atoms with van der Waals surface area (Å²) in [4.78, 5) is 24.2. The SMILES string of the molecule is Cl.O=[N+]([O-])c1ccc(-c2ccccn2)c([N+](=O)[O-])c1. The molecule has 0 aliphatic heterocycles. The molecule has 0 aliphatic carbocycles. The second kappa shape index (κ2) is 5.87. The van der Waals surface area contributed by atoms with Crippen LogP contribution < -0.4 is 0 Å². The summed E-state index contributed by atoms with van der Waals surface area (Å²) >= 11 is 0. The predicted octanol–water partition coefficient (Wildman–Crippen LogP) is 2.99. The Morgan fingerprint density at radius 3 is 2.26 bits per heavy atom. The Kier molecular flexibility index (Phi) is 4.49. The molecule has 19 heavy (non-hydrogen) atoms. The van der Waals surface area contributed by atoms with Gasteiger partial charge >= 0.3 is 0 Å². The highest BCUT2D eigenvalue weighted by Gasteiger charge is 2.20. The van der Waals surface area contributed by atoms with Crippen molar-refractivity contribution in [3.63, 3.8) is 0 Å². The molecule has 1 aromatic heterocycles. The van der Waals surface area contributed by atoms with E-state index in [0.29, 0.717) is 5.69 Å². The molecule has 0 bridgehead atoms. The molecule has 0 N–H and O–H groups in total. The summed E-state index contributed by atoms with van der Waals surface area (Å²) in [6.07, 6.45) is 1.50. The molecule has 0 unspecified atom stereocenters. The van der Waals surface area contributed by atoms with Crippen LogP contribution in [0.25, 0.3) is 11.3 Å². The second-order valence-corrected chi connectivity index (χ2v) is 3.43. The van der Waals surface area contributed by atoms with Gasteiger partial charge in [0.05, 0.1) is 27.2 Å². The smallest absolute Gasteiger partial charge is 0.258 e. The fourth-order valence-electron chi connectivity index (χ4n) is 1.52. The van der Waals surface area contributed by atoms with Crippen molar-refractivity contribution >= 4 is 23.8 Å². The number of nitro groups is 2. The van der Waals surface area contributed by atoms with Gasteiger partial charge in [-0.15, -0.1) is 12.4 Å². The van der Waals surface area contributed by atoms with E-state index in [1.165, 1.54) is 18.3 Å². The summed E-state index contributed by atoms with van der Waals surface area (Å²) in [5, 5.41) is 21.5. The normalized spacial score (nSPS) is 9.47. The van der Waals surface area contributed by atoms with Crippen LogP contribution in [0.2, 0.25) is 0 Å². The lowest BCUT2D eigenvalue weighted by Crippen LogP contribution is -1.96. The second-order valence-electron chi connectivity index (χ2n) is 3.43. The number of benzene rings is 1. The molecule has 8 heteroatoms. The molecule has 1 heterocycles. The van der Waals surface area contributed by atoms with Gasteiger partial charge in [0.25, 0.3) is 11.4 Å². The molecule has 0 amide bonds. The summed E-state index contributed by atoms with van der Waals surface area (Å²) in [5.41, 5.74) is 0.00887. The minimum absolute atomic E-state index is 0. The van der Waals surface area contributed by atoms with Crippen LogP contribution in [-0.4, -0.2) is 14.8 Å². The fourth-order valence-corrected chi connectivity index (χ4v) is 1.52. The van der Waals surface area contributed by atoms with Crippen molar-refractivity contribution in [3.05, 3.63) is 62.8 Å². The van der Waals surface area contributed by atoms with Gasteiger partial charge in [0.15, 0.2) is 0 Å². The molecular formula is C11H8ClN3O4. The number of non-ortho nitro benzene ring substituents is 1. The van der Waals surface area contributed by atoms with E-state index < -0.39 is 9.85 Å². The van der Waals surface area contributed by atoms with E-state index in [2.05, 4.69) is 4.98 Å². The highest BCUT2D eigenvalue weighted by Crippen LogP contribution is 2.31. The molecular weight excluding hydrogens is 274 g/mol. The van der Waals surface area contributed by atoms with Gasteiger partial charge in [-0.25, -0.2) is 0 Å². The monoisotopic (exact) mass is 281 g/mol. The van der Waals surface area contributed by atoms with Crippen molar-refractivity contribution in [1.82, 2.24) is 4.98 Å². The molecule has 98 valence electrons. The minimum Gasteiger partial charge on any atom is -0.258 e. The van der Waals surface area contributed by atoms with Gasteiger partial charge in [-0.3, -0.25) is 25.2 Å². The van der Waals surface area contributed by atoms with Crippen molar-refractivity contribution in [1.29, 1.82) is 0 Å². The summed E-state index contributed by atoms with van der Waals surface area (Å²) < 4.78 is 0. The third-order valence-electron chi connectivity index (χ3n) is 2.33. The summed E-state index contributed by atoms with van der Waals surface area (Å²) in [7, 11) is 0. The van der Waals surface area contributed by atoms with E-state index in [4.69, 9.17) is 0 Å². The lowest BCUT2D eigenvalue weighted by molar-refractivity contribution is -0.393. The maximum Gasteiger partial charge on any atom is 0.285 e. The molecule has 0 radical (unpaired) electrons. The van der Waals surface area contributed by atoms with E-state index in [-0.39, 0.29) is 29.3 Å². The van der Waals surface area contributed by atoms with Crippen molar-refractivity contribution < 1.29 is 9.85 Å². The molecule has 7 nitrogen and oxygen atoms in total. The van der Waals surface area contributed by atoms with E-state index in [1.807, 2.05) is 0 Å². The number of pyridine rings is 1. The number of rotatable bonds is 3. The lowest BCUT2D eigenvalue weighted by Gasteiger charge is -2.01. The van der Waals surface area contributed by atoms with E-state index in [9.17, 15) is 20.2 Å². The van der Waals surface area contributed by atoms with Gasteiger partial charge in [0.2, 0.25) is 0 Å². The molecule has 1 aromatic carbocycles. The molecule has 0 saturated carbocycles. The van der Waals surface area contributed by atoms with Crippen LogP contribution in [0.1, 0.15) is 0 Å². The van der Waals surface area contributed by atoms with Crippen LogP contribution in [0.3, 0.4) is 0 Å². The zero-order valence-electron chi connectivity index (χ0n) is 9.42. The standard InChI is InChI=1S/C11H7N3O4.ClH/c15-13(16)8-4-5-9(11(7-8)14(17)18)10-3-1-2-6-12-10;/h1-7H;1H. The Morgan fingerprint density at radius 1 is 1.00 bits per heavy atom. The highest BCUT2D eigenvalue weighted by molar-refractivity contribution is 5.85. The van der Waals surface area contributed by atoms with Gasteiger partial charge in [-0.05, 0) is 18.2 Å². The first kappa shape index (κ1) is 14.5. The number of hydrogen-bond donors (Lipinski definition) is 0. The largest absolute Gasteiger partial charge is 0.285 e. The van der Waals surface area contributed by atoms with Crippen LogP contribution in [0.5, 0.6) is 0 Å². The summed E-state index contributed by atoms with van der Waals surface area (Å²) in [5.74, 6) is 0. The predicted molar refractivity (Wildman–Crippen MR) is 70.2 cm³/mol. The first-order valence-electron chi connectivity index (χ1n) is 4.94. The van der Waals surface area contributed by atoms with E-state index in [0.717, 1.165) is 6.07 Å². The van der Waals surface area contributed by atoms with E-state index >= 15 is 0 Å². The first-order chi connectivity index (χ1) is 8.59. The van der Waals surface area contributed by atoms with Crippen LogP contribution in [0.15, 0.2) is 42.6 Å². The van der Waals surface area contributed by atoms with Crippen molar-refractivity contribution in [3.8, 4) is 11.3 Å². The number of halogens is 1. The maximum atomic E-state index is 10.9. The fraction of sp³-hybridized carbons (Fsp3) is 0. The van der Waals surface area contributed by atoms with Gasteiger partial charge in [-0.1, -0.05) is 6.07 Å². The Labute approximate surface area is 113 Å². The van der Waals surface area contributed by atoms with Crippen LogP contribution in [0.4, 0.5) is 11.4 Å². The number of nitrogens with zero attached hydrogens (tertiary/aromatic N) is 3. The quantitative estimate of drug-likeness (QED) is 0.636. The highest BCUT2D eigenvalue weighted by atomic mass is 35.5. The molecule has 0 aliphatic rings.